The van der Waals surface area contributed by atoms with Gasteiger partial charge in [0, 0.05) is 0 Å². The van der Waals surface area contributed by atoms with Gasteiger partial charge < -0.3 is 0 Å². The smallest absolute Gasteiger partial charge is 0.265 e. The van der Waals surface area contributed by atoms with Gasteiger partial charge in [0.05, 0.1) is 23.8 Å². The van der Waals surface area contributed by atoms with Crippen LogP contribution >= 0.6 is 15.9 Å². The summed E-state index contributed by atoms with van der Waals surface area (Å²) in [6.45, 7) is 1.64. The molecule has 0 fully saturated rings. The van der Waals surface area contributed by atoms with Crippen LogP contribution in [0.5, 0.6) is 0 Å². The SMILES string of the molecule is Cc1[nH]ncc1S(=O)(=O)Nc1ccc(Br)nc1. The zero-order valence-electron chi connectivity index (χ0n) is 8.81. The summed E-state index contributed by atoms with van der Waals surface area (Å²) >= 11 is 3.17. The lowest BCUT2D eigenvalue weighted by Crippen LogP contribution is -2.13. The number of nitrogens with zero attached hydrogens (tertiary/aromatic N) is 2. The maximum Gasteiger partial charge on any atom is 0.265 e. The molecular formula is C9H9BrN4O2S. The number of H-pyrrole nitrogens is 1. The molecule has 8 heteroatoms. The lowest BCUT2D eigenvalue weighted by atomic mass is 10.4. The molecule has 0 bridgehead atoms. The first-order valence-corrected chi connectivity index (χ1v) is 6.91. The molecule has 6 nitrogen and oxygen atoms in total. The first-order valence-electron chi connectivity index (χ1n) is 4.63. The van der Waals surface area contributed by atoms with Gasteiger partial charge in [-0.15, -0.1) is 0 Å². The predicted molar refractivity (Wildman–Crippen MR) is 66.1 cm³/mol. The molecule has 0 saturated carbocycles. The van der Waals surface area contributed by atoms with Crippen molar-refractivity contribution in [1.29, 1.82) is 0 Å². The Morgan fingerprint density at radius 1 is 1.35 bits per heavy atom. The molecular weight excluding hydrogens is 308 g/mol. The molecule has 90 valence electrons. The Balaban J connectivity index is 2.30. The van der Waals surface area contributed by atoms with E-state index in [1.807, 2.05) is 0 Å². The van der Waals surface area contributed by atoms with Gasteiger partial charge in [-0.1, -0.05) is 0 Å². The van der Waals surface area contributed by atoms with Gasteiger partial charge in [-0.25, -0.2) is 13.4 Å². The summed E-state index contributed by atoms with van der Waals surface area (Å²) < 4.78 is 27.0. The topological polar surface area (TPSA) is 87.7 Å². The van der Waals surface area contributed by atoms with E-state index in [1.54, 1.807) is 19.1 Å². The molecule has 2 rings (SSSR count). The van der Waals surface area contributed by atoms with Crippen LogP contribution in [-0.4, -0.2) is 23.6 Å². The first-order chi connectivity index (χ1) is 7.99. The number of rotatable bonds is 3. The number of aromatic nitrogens is 3. The number of hydrogen-bond acceptors (Lipinski definition) is 4. The molecule has 0 amide bonds. The minimum Gasteiger partial charge on any atom is -0.281 e. The summed E-state index contributed by atoms with van der Waals surface area (Å²) in [6.07, 6.45) is 2.70. The van der Waals surface area contributed by atoms with Gasteiger partial charge in [-0.05, 0) is 35.0 Å². The molecule has 0 radical (unpaired) electrons. The van der Waals surface area contributed by atoms with Crippen molar-refractivity contribution in [3.63, 3.8) is 0 Å². The zero-order valence-corrected chi connectivity index (χ0v) is 11.2. The molecule has 0 aliphatic heterocycles. The molecule has 2 heterocycles. The second kappa shape index (κ2) is 4.46. The van der Waals surface area contributed by atoms with Crippen LogP contribution in [-0.2, 0) is 10.0 Å². The average Bonchev–Trinajstić information content (AvgIpc) is 2.68. The Bertz CT molecular complexity index is 621. The fraction of sp³-hybridized carbons (Fsp3) is 0.111. The van der Waals surface area contributed by atoms with Crippen molar-refractivity contribution in [1.82, 2.24) is 15.2 Å². The quantitative estimate of drug-likeness (QED) is 0.843. The third-order valence-corrected chi connectivity index (χ3v) is 4.02. The van der Waals surface area contributed by atoms with Crippen LogP contribution in [0.1, 0.15) is 5.69 Å². The number of aromatic amines is 1. The number of aryl methyl sites for hydroxylation is 1. The second-order valence-electron chi connectivity index (χ2n) is 3.33. The molecule has 0 saturated heterocycles. The largest absolute Gasteiger partial charge is 0.281 e. The number of nitrogens with one attached hydrogen (secondary N) is 2. The predicted octanol–water partition coefficient (Wildman–Crippen LogP) is 1.68. The molecule has 0 aliphatic carbocycles. The van der Waals surface area contributed by atoms with Gasteiger partial charge in [-0.2, -0.15) is 5.10 Å². The molecule has 2 N–H and O–H groups in total. The molecule has 0 aromatic carbocycles. The Hall–Kier alpha value is -1.41. The summed E-state index contributed by atoms with van der Waals surface area (Å²) in [5.41, 5.74) is 0.886. The van der Waals surface area contributed by atoms with Crippen LogP contribution in [0, 0.1) is 6.92 Å². The van der Waals surface area contributed by atoms with E-state index in [1.165, 1.54) is 12.4 Å². The first kappa shape index (κ1) is 12.1. The molecule has 0 aliphatic rings. The molecule has 0 unspecified atom stereocenters. The Labute approximate surface area is 107 Å². The summed E-state index contributed by atoms with van der Waals surface area (Å²) in [5, 5.41) is 6.25. The highest BCUT2D eigenvalue weighted by Gasteiger charge is 2.18. The summed E-state index contributed by atoms with van der Waals surface area (Å²) in [6, 6.07) is 3.27. The molecule has 0 spiro atoms. The molecule has 2 aromatic rings. The van der Waals surface area contributed by atoms with Crippen LogP contribution in [0.15, 0.2) is 34.0 Å². The zero-order chi connectivity index (χ0) is 12.5. The minimum atomic E-state index is -3.61. The monoisotopic (exact) mass is 316 g/mol. The third-order valence-electron chi connectivity index (χ3n) is 2.05. The van der Waals surface area contributed by atoms with E-state index < -0.39 is 10.0 Å². The standard InChI is InChI=1S/C9H9BrN4O2S/c1-6-8(5-12-13-6)17(15,16)14-7-2-3-9(10)11-4-7/h2-5,14H,1H3,(H,12,13). The molecule has 0 atom stereocenters. The van der Waals surface area contributed by atoms with E-state index in [-0.39, 0.29) is 4.90 Å². The Kier molecular flexibility index (Phi) is 3.16. The number of pyridine rings is 1. The van der Waals surface area contributed by atoms with Crippen molar-refractivity contribution >= 4 is 31.6 Å². The lowest BCUT2D eigenvalue weighted by molar-refractivity contribution is 0.600. The summed E-state index contributed by atoms with van der Waals surface area (Å²) in [4.78, 5) is 4.06. The highest BCUT2D eigenvalue weighted by molar-refractivity contribution is 9.10. The van der Waals surface area contributed by atoms with Crippen LogP contribution in [0.4, 0.5) is 5.69 Å². The van der Waals surface area contributed by atoms with Gasteiger partial charge in [0.2, 0.25) is 0 Å². The van der Waals surface area contributed by atoms with Gasteiger partial charge in [0.25, 0.3) is 10.0 Å². The summed E-state index contributed by atoms with van der Waals surface area (Å²) in [7, 11) is -3.61. The van der Waals surface area contributed by atoms with Crippen LogP contribution in [0.3, 0.4) is 0 Å². The van der Waals surface area contributed by atoms with Gasteiger partial charge in [0.15, 0.2) is 0 Å². The summed E-state index contributed by atoms with van der Waals surface area (Å²) in [5.74, 6) is 0. The Morgan fingerprint density at radius 2 is 2.12 bits per heavy atom. The van der Waals surface area contributed by atoms with Crippen LogP contribution in [0.25, 0.3) is 0 Å². The number of halogens is 1. The molecule has 17 heavy (non-hydrogen) atoms. The van der Waals surface area contributed by atoms with Gasteiger partial charge in [0.1, 0.15) is 9.50 Å². The third kappa shape index (κ3) is 2.64. The van der Waals surface area contributed by atoms with E-state index in [4.69, 9.17) is 0 Å². The van der Waals surface area contributed by atoms with Crippen LogP contribution in [0.2, 0.25) is 0 Å². The van der Waals surface area contributed by atoms with E-state index >= 15 is 0 Å². The maximum absolute atomic E-state index is 12.0. The Morgan fingerprint density at radius 3 is 2.65 bits per heavy atom. The van der Waals surface area contributed by atoms with Crippen molar-refractivity contribution in [2.75, 3.05) is 4.72 Å². The second-order valence-corrected chi connectivity index (χ2v) is 5.80. The van der Waals surface area contributed by atoms with E-state index in [9.17, 15) is 8.42 Å². The van der Waals surface area contributed by atoms with Gasteiger partial charge >= 0.3 is 0 Å². The van der Waals surface area contributed by atoms with E-state index in [0.717, 1.165) is 0 Å². The highest BCUT2D eigenvalue weighted by Crippen LogP contribution is 2.17. The molecule has 2 aromatic heterocycles. The van der Waals surface area contributed by atoms with Crippen molar-refractivity contribution in [3.8, 4) is 0 Å². The van der Waals surface area contributed by atoms with Crippen molar-refractivity contribution < 1.29 is 8.42 Å². The van der Waals surface area contributed by atoms with Crippen molar-refractivity contribution in [2.24, 2.45) is 0 Å². The fourth-order valence-corrected chi connectivity index (χ4v) is 2.67. The maximum atomic E-state index is 12.0. The van der Waals surface area contributed by atoms with E-state index in [2.05, 4.69) is 35.8 Å². The highest BCUT2D eigenvalue weighted by atomic mass is 79.9. The van der Waals surface area contributed by atoms with Crippen molar-refractivity contribution in [2.45, 2.75) is 11.8 Å². The number of hydrogen-bond donors (Lipinski definition) is 2. The number of anilines is 1. The normalized spacial score (nSPS) is 11.4. The fourth-order valence-electron chi connectivity index (χ4n) is 1.26. The lowest BCUT2D eigenvalue weighted by Gasteiger charge is -2.06. The van der Waals surface area contributed by atoms with Gasteiger partial charge in [-0.3, -0.25) is 9.82 Å². The average molecular weight is 317 g/mol. The minimum absolute atomic E-state index is 0.125. The van der Waals surface area contributed by atoms with E-state index in [0.29, 0.717) is 16.0 Å². The van der Waals surface area contributed by atoms with Crippen LogP contribution < -0.4 is 4.72 Å². The number of sulfonamides is 1. The van der Waals surface area contributed by atoms with Crippen molar-refractivity contribution in [3.05, 3.63) is 34.8 Å².